The van der Waals surface area contributed by atoms with Crippen molar-refractivity contribution in [2.75, 3.05) is 0 Å². The zero-order valence-electron chi connectivity index (χ0n) is 24.9. The van der Waals surface area contributed by atoms with E-state index >= 15 is 0 Å². The minimum absolute atomic E-state index is 0.197. The fourth-order valence-corrected chi connectivity index (χ4v) is 6.70. The molecule has 7 heteroatoms. The number of fused-ring (bicyclic) bond motifs is 3. The lowest BCUT2D eigenvalue weighted by Gasteiger charge is -2.25. The molecule has 46 heavy (non-hydrogen) atoms. The Kier molecular flexibility index (Phi) is 6.80. The lowest BCUT2D eigenvalue weighted by atomic mass is 9.59. The van der Waals surface area contributed by atoms with Gasteiger partial charge in [-0.25, -0.2) is 4.98 Å². The van der Waals surface area contributed by atoms with Crippen molar-refractivity contribution in [3.05, 3.63) is 127 Å². The molecule has 0 atom stereocenters. The van der Waals surface area contributed by atoms with E-state index in [1.165, 1.54) is 0 Å². The van der Waals surface area contributed by atoms with Gasteiger partial charge < -0.3 is 0 Å². The van der Waals surface area contributed by atoms with E-state index in [1.54, 1.807) is 0 Å². The van der Waals surface area contributed by atoms with Crippen LogP contribution < -0.4 is 27.3 Å². The number of hydrogen-bond donors (Lipinski definition) is 0. The zero-order valence-corrected chi connectivity index (χ0v) is 24.9. The molecule has 1 aromatic heterocycles. The molecule has 0 N–H and O–H groups in total. The van der Waals surface area contributed by atoms with Gasteiger partial charge in [0.05, 0.1) is 11.0 Å². The van der Waals surface area contributed by atoms with Gasteiger partial charge in [0.15, 0.2) is 0 Å². The van der Waals surface area contributed by atoms with Crippen molar-refractivity contribution in [2.45, 2.75) is 0 Å². The molecular weight excluding hydrogens is 551 g/mol. The molecule has 0 amide bonds. The Morgan fingerprint density at radius 1 is 0.413 bits per heavy atom. The molecule has 0 saturated heterocycles. The number of nitrogens with zero attached hydrogens (tertiary/aromatic N) is 2. The molecule has 0 aliphatic rings. The summed E-state index contributed by atoms with van der Waals surface area (Å²) in [6.45, 7) is 0. The Hall–Kier alpha value is -5.15. The van der Waals surface area contributed by atoms with E-state index in [4.69, 9.17) is 44.2 Å². The lowest BCUT2D eigenvalue weighted by Crippen LogP contribution is -2.55. The van der Waals surface area contributed by atoms with E-state index in [-0.39, 0.29) is 16.4 Å². The summed E-state index contributed by atoms with van der Waals surface area (Å²) < 4.78 is 2.23. The first-order valence-corrected chi connectivity index (χ1v) is 15.0. The van der Waals surface area contributed by atoms with Crippen molar-refractivity contribution >= 4 is 99.1 Å². The highest BCUT2D eigenvalue weighted by Gasteiger charge is 2.21. The first-order valence-electron chi connectivity index (χ1n) is 15.0. The Balaban J connectivity index is 1.44. The van der Waals surface area contributed by atoms with E-state index in [1.807, 2.05) is 54.6 Å². The SMILES string of the molecule is [B]c1c([B])c([B])c(-c2c3ccccc3c(-c3cccc(-n4c(-c5ccccc5)nc5ccccc54)c3)c3ccccc23)c([B])c1[B]. The van der Waals surface area contributed by atoms with Crippen LogP contribution in [0.2, 0.25) is 0 Å². The minimum atomic E-state index is 0.197. The quantitative estimate of drug-likeness (QED) is 0.228. The second kappa shape index (κ2) is 11.0. The Bertz CT molecular complexity index is 2400. The third-order valence-electron chi connectivity index (χ3n) is 8.87. The van der Waals surface area contributed by atoms with Crippen LogP contribution in [0.3, 0.4) is 0 Å². The molecular formula is C39H21B5N2. The first-order chi connectivity index (χ1) is 22.4. The summed E-state index contributed by atoms with van der Waals surface area (Å²) in [5, 5.41) is 4.03. The average molecular weight is 572 g/mol. The van der Waals surface area contributed by atoms with Crippen molar-refractivity contribution in [1.82, 2.24) is 9.55 Å². The van der Waals surface area contributed by atoms with E-state index in [9.17, 15) is 0 Å². The second-order valence-electron chi connectivity index (χ2n) is 11.5. The monoisotopic (exact) mass is 572 g/mol. The van der Waals surface area contributed by atoms with Gasteiger partial charge in [0.25, 0.3) is 0 Å². The van der Waals surface area contributed by atoms with Gasteiger partial charge in [-0.2, -0.15) is 0 Å². The zero-order chi connectivity index (χ0) is 31.5. The topological polar surface area (TPSA) is 17.8 Å². The molecule has 8 aromatic rings. The number of para-hydroxylation sites is 2. The van der Waals surface area contributed by atoms with Gasteiger partial charge in [0.1, 0.15) is 45.1 Å². The highest BCUT2D eigenvalue weighted by Crippen LogP contribution is 2.43. The van der Waals surface area contributed by atoms with Crippen LogP contribution in [0, 0.1) is 0 Å². The Morgan fingerprint density at radius 2 is 0.913 bits per heavy atom. The van der Waals surface area contributed by atoms with Crippen LogP contribution >= 0.6 is 0 Å². The van der Waals surface area contributed by atoms with E-state index in [0.717, 1.165) is 66.3 Å². The fraction of sp³-hybridized carbons (Fsp3) is 0. The van der Waals surface area contributed by atoms with E-state index in [2.05, 4.69) is 77.4 Å². The predicted molar refractivity (Wildman–Crippen MR) is 199 cm³/mol. The van der Waals surface area contributed by atoms with Gasteiger partial charge in [-0.05, 0) is 68.1 Å². The summed E-state index contributed by atoms with van der Waals surface area (Å²) in [5.41, 5.74) is 8.92. The van der Waals surface area contributed by atoms with Crippen LogP contribution in [0.5, 0.6) is 0 Å². The predicted octanol–water partition coefficient (Wildman–Crippen LogP) is 4.30. The maximum Gasteiger partial charge on any atom is 0.145 e. The van der Waals surface area contributed by atoms with Gasteiger partial charge in [-0.1, -0.05) is 114 Å². The molecule has 0 aliphatic heterocycles. The normalized spacial score (nSPS) is 11.5. The second-order valence-corrected chi connectivity index (χ2v) is 11.5. The average Bonchev–Trinajstić information content (AvgIpc) is 3.50. The molecule has 10 radical (unpaired) electrons. The van der Waals surface area contributed by atoms with Crippen LogP contribution in [-0.4, -0.2) is 48.8 Å². The van der Waals surface area contributed by atoms with Crippen molar-refractivity contribution in [1.29, 1.82) is 0 Å². The van der Waals surface area contributed by atoms with Crippen LogP contribution in [0.1, 0.15) is 0 Å². The summed E-state index contributed by atoms with van der Waals surface area (Å²) in [6, 6.07) is 43.7. The van der Waals surface area contributed by atoms with Gasteiger partial charge >= 0.3 is 0 Å². The molecule has 0 spiro atoms. The van der Waals surface area contributed by atoms with Gasteiger partial charge in [-0.3, -0.25) is 4.57 Å². The lowest BCUT2D eigenvalue weighted by molar-refractivity contribution is 1.10. The van der Waals surface area contributed by atoms with Crippen molar-refractivity contribution in [2.24, 2.45) is 0 Å². The maximum atomic E-state index is 6.65. The summed E-state index contributed by atoms with van der Waals surface area (Å²) in [5.74, 6) is 0.883. The molecule has 7 aromatic carbocycles. The van der Waals surface area contributed by atoms with Gasteiger partial charge in [0, 0.05) is 11.3 Å². The highest BCUT2D eigenvalue weighted by molar-refractivity contribution is 6.69. The van der Waals surface area contributed by atoms with Crippen molar-refractivity contribution < 1.29 is 0 Å². The van der Waals surface area contributed by atoms with Crippen molar-refractivity contribution in [3.8, 4) is 39.3 Å². The number of aromatic nitrogens is 2. The molecule has 0 fully saturated rings. The first kappa shape index (κ1) is 28.3. The van der Waals surface area contributed by atoms with Crippen molar-refractivity contribution in [3.63, 3.8) is 0 Å². The summed E-state index contributed by atoms with van der Waals surface area (Å²) in [6.07, 6.45) is 0. The van der Waals surface area contributed by atoms with Crippen LogP contribution in [0.15, 0.2) is 127 Å². The molecule has 0 saturated carbocycles. The maximum absolute atomic E-state index is 6.65. The molecule has 0 unspecified atom stereocenters. The summed E-state index contributed by atoms with van der Waals surface area (Å²) >= 11 is 0. The van der Waals surface area contributed by atoms with Gasteiger partial charge in [-0.15, -0.1) is 16.4 Å². The van der Waals surface area contributed by atoms with Gasteiger partial charge in [0.2, 0.25) is 0 Å². The molecule has 2 nitrogen and oxygen atoms in total. The third kappa shape index (κ3) is 4.30. The molecule has 1 heterocycles. The fourth-order valence-electron chi connectivity index (χ4n) is 6.70. The van der Waals surface area contributed by atoms with Crippen LogP contribution in [0.4, 0.5) is 0 Å². The third-order valence-corrected chi connectivity index (χ3v) is 8.87. The van der Waals surface area contributed by atoms with E-state index in [0.29, 0.717) is 16.5 Å². The van der Waals surface area contributed by atoms with E-state index < -0.39 is 0 Å². The summed E-state index contributed by atoms with van der Waals surface area (Å²) in [4.78, 5) is 5.05. The molecule has 0 bridgehead atoms. The smallest absolute Gasteiger partial charge is 0.145 e. The standard InChI is InChI=1S/C39H21B5N2/c40-34-33(35(41)37(43)38(44)36(34)42)32-27-17-6-4-15-25(27)31(26-16-5-7-18-28(26)32)23-13-10-14-24(21-23)46-30-20-9-8-19-29(30)45-39(46)22-11-2-1-3-12-22/h1-21H. The number of rotatable bonds is 4. The number of benzene rings is 7. The number of imidazole rings is 1. The molecule has 0 aliphatic carbocycles. The largest absolute Gasteiger partial charge is 0.292 e. The van der Waals surface area contributed by atoms with Crippen LogP contribution in [0.25, 0.3) is 71.9 Å². The Labute approximate surface area is 274 Å². The Morgan fingerprint density at radius 3 is 1.54 bits per heavy atom. The number of hydrogen-bond acceptors (Lipinski definition) is 1. The highest BCUT2D eigenvalue weighted by atomic mass is 15.1. The van der Waals surface area contributed by atoms with Crippen LogP contribution in [-0.2, 0) is 0 Å². The molecule has 202 valence electrons. The minimum Gasteiger partial charge on any atom is -0.292 e. The molecule has 8 rings (SSSR count). The summed E-state index contributed by atoms with van der Waals surface area (Å²) in [7, 11) is 32.2.